The predicted molar refractivity (Wildman–Crippen MR) is 73.0 cm³/mol. The van der Waals surface area contributed by atoms with Crippen LogP contribution in [0.15, 0.2) is 17.2 Å². The van der Waals surface area contributed by atoms with Crippen molar-refractivity contribution in [3.05, 3.63) is 18.0 Å². The van der Waals surface area contributed by atoms with Crippen LogP contribution in [-0.2, 0) is 21.9 Å². The highest BCUT2D eigenvalue weighted by molar-refractivity contribution is 7.89. The van der Waals surface area contributed by atoms with Gasteiger partial charge in [-0.2, -0.15) is 0 Å². The quantitative estimate of drug-likeness (QED) is 0.773. The lowest BCUT2D eigenvalue weighted by Crippen LogP contribution is -2.53. The van der Waals surface area contributed by atoms with Gasteiger partial charge in [0.2, 0.25) is 10.0 Å². The molecule has 1 unspecified atom stereocenters. The molecule has 1 aliphatic rings. The van der Waals surface area contributed by atoms with Gasteiger partial charge in [-0.05, 0) is 6.07 Å². The molecule has 116 valence electrons. The Labute approximate surface area is 122 Å². The Morgan fingerprint density at radius 2 is 2.00 bits per heavy atom. The van der Waals surface area contributed by atoms with Crippen molar-refractivity contribution in [1.82, 2.24) is 9.47 Å². The summed E-state index contributed by atoms with van der Waals surface area (Å²) in [4.78, 5) is 24.5. The van der Waals surface area contributed by atoms with Crippen LogP contribution in [0.5, 0.6) is 0 Å². The van der Waals surface area contributed by atoms with Gasteiger partial charge in [-0.25, -0.2) is 13.6 Å². The first-order valence-corrected chi connectivity index (χ1v) is 7.87. The summed E-state index contributed by atoms with van der Waals surface area (Å²) in [6.45, 7) is 2.31. The van der Waals surface area contributed by atoms with E-state index in [0.29, 0.717) is 13.1 Å². The number of carbonyl (C=O) groups is 2. The van der Waals surface area contributed by atoms with Crippen molar-refractivity contribution in [2.24, 2.45) is 24.0 Å². The molecule has 1 amide bonds. The van der Waals surface area contributed by atoms with E-state index in [2.05, 4.69) is 0 Å². The highest BCUT2D eigenvalue weighted by atomic mass is 32.2. The van der Waals surface area contributed by atoms with Crippen molar-refractivity contribution in [3.63, 3.8) is 0 Å². The van der Waals surface area contributed by atoms with Gasteiger partial charge in [-0.1, -0.05) is 6.92 Å². The zero-order chi connectivity index (χ0) is 15.9. The maximum Gasteiger partial charge on any atom is 0.306 e. The van der Waals surface area contributed by atoms with E-state index in [0.717, 1.165) is 0 Å². The molecule has 8 nitrogen and oxygen atoms in total. The lowest BCUT2D eigenvalue weighted by Gasteiger charge is -2.41. The molecule has 2 heterocycles. The molecule has 1 saturated heterocycles. The van der Waals surface area contributed by atoms with E-state index >= 15 is 0 Å². The van der Waals surface area contributed by atoms with Gasteiger partial charge >= 0.3 is 5.97 Å². The lowest BCUT2D eigenvalue weighted by atomic mass is 9.87. The zero-order valence-corrected chi connectivity index (χ0v) is 12.5. The number of hydrogen-bond acceptors (Lipinski definition) is 4. The first kappa shape index (κ1) is 15.5. The first-order chi connectivity index (χ1) is 9.61. The number of likely N-dealkylation sites (tertiary alicyclic amines) is 1. The molecule has 1 aliphatic heterocycles. The summed E-state index contributed by atoms with van der Waals surface area (Å²) in [5.41, 5.74) is 0.209. The van der Waals surface area contributed by atoms with Crippen LogP contribution >= 0.6 is 0 Å². The van der Waals surface area contributed by atoms with E-state index in [9.17, 15) is 18.0 Å². The summed E-state index contributed by atoms with van der Waals surface area (Å²) < 4.78 is 23.9. The van der Waals surface area contributed by atoms with Crippen molar-refractivity contribution in [1.29, 1.82) is 0 Å². The predicted octanol–water partition coefficient (Wildman–Crippen LogP) is -0.535. The van der Waals surface area contributed by atoms with Crippen LogP contribution in [0.3, 0.4) is 0 Å². The number of carboxylic acids is 1. The number of nitrogens with zero attached hydrogens (tertiary/aromatic N) is 2. The second-order valence-electron chi connectivity index (χ2n) is 5.31. The Hall–Kier alpha value is -1.87. The van der Waals surface area contributed by atoms with Gasteiger partial charge in [0.1, 0.15) is 10.6 Å². The fraction of sp³-hybridized carbons (Fsp3) is 0.500. The molecule has 1 aromatic heterocycles. The maximum absolute atomic E-state index is 12.2. The van der Waals surface area contributed by atoms with Crippen molar-refractivity contribution < 1.29 is 23.1 Å². The van der Waals surface area contributed by atoms with Crippen LogP contribution in [0.4, 0.5) is 0 Å². The molecule has 0 aromatic carbocycles. The minimum Gasteiger partial charge on any atom is -0.481 e. The SMILES string of the molecule is CC(C(=O)O)C1CN(C(=O)c2cc(S(N)(=O)=O)cn2C)C1. The highest BCUT2D eigenvalue weighted by Crippen LogP contribution is 2.26. The van der Waals surface area contributed by atoms with Crippen molar-refractivity contribution >= 4 is 21.9 Å². The number of rotatable bonds is 4. The van der Waals surface area contributed by atoms with Crippen LogP contribution in [0.25, 0.3) is 0 Å². The van der Waals surface area contributed by atoms with Crippen molar-refractivity contribution in [3.8, 4) is 0 Å². The third-order valence-corrected chi connectivity index (χ3v) is 4.70. The van der Waals surface area contributed by atoms with Gasteiger partial charge in [-0.3, -0.25) is 9.59 Å². The molecule has 1 fully saturated rings. The Morgan fingerprint density at radius 3 is 2.43 bits per heavy atom. The van der Waals surface area contributed by atoms with E-state index in [1.807, 2.05) is 0 Å². The van der Waals surface area contributed by atoms with Crippen LogP contribution in [0.1, 0.15) is 17.4 Å². The number of amides is 1. The third-order valence-electron chi connectivity index (χ3n) is 3.82. The second kappa shape index (κ2) is 5.15. The summed E-state index contributed by atoms with van der Waals surface area (Å²) in [6.07, 6.45) is 1.28. The van der Waals surface area contributed by atoms with E-state index in [1.165, 1.54) is 21.7 Å². The van der Waals surface area contributed by atoms with E-state index in [1.54, 1.807) is 14.0 Å². The summed E-state index contributed by atoms with van der Waals surface area (Å²) in [6, 6.07) is 1.23. The normalized spacial score (nSPS) is 17.4. The van der Waals surface area contributed by atoms with Gasteiger partial charge in [0.05, 0.1) is 5.92 Å². The molecule has 0 spiro atoms. The Morgan fingerprint density at radius 1 is 1.43 bits per heavy atom. The molecule has 21 heavy (non-hydrogen) atoms. The summed E-state index contributed by atoms with van der Waals surface area (Å²) in [5, 5.41) is 13.9. The number of nitrogens with two attached hydrogens (primary N) is 1. The van der Waals surface area contributed by atoms with Crippen LogP contribution in [0.2, 0.25) is 0 Å². The third kappa shape index (κ3) is 2.93. The molecular weight excluding hydrogens is 298 g/mol. The average molecular weight is 315 g/mol. The largest absolute Gasteiger partial charge is 0.481 e. The number of primary sulfonamides is 1. The number of sulfonamides is 1. The summed E-state index contributed by atoms with van der Waals surface area (Å²) >= 11 is 0. The van der Waals surface area contributed by atoms with Crippen molar-refractivity contribution in [2.75, 3.05) is 13.1 Å². The molecular formula is C12H17N3O5S. The number of hydrogen-bond donors (Lipinski definition) is 2. The lowest BCUT2D eigenvalue weighted by molar-refractivity contribution is -0.144. The molecule has 1 aromatic rings. The zero-order valence-electron chi connectivity index (χ0n) is 11.7. The Balaban J connectivity index is 2.10. The average Bonchev–Trinajstić information content (AvgIpc) is 2.68. The number of aromatic nitrogens is 1. The summed E-state index contributed by atoms with van der Waals surface area (Å²) in [7, 11) is -2.30. The second-order valence-corrected chi connectivity index (χ2v) is 6.88. The van der Waals surface area contributed by atoms with E-state index in [-0.39, 0.29) is 22.4 Å². The number of aliphatic carboxylic acids is 1. The van der Waals surface area contributed by atoms with Gasteiger partial charge in [-0.15, -0.1) is 0 Å². The molecule has 0 bridgehead atoms. The smallest absolute Gasteiger partial charge is 0.306 e. The monoisotopic (exact) mass is 315 g/mol. The van der Waals surface area contributed by atoms with Crippen LogP contribution < -0.4 is 5.14 Å². The van der Waals surface area contributed by atoms with Crippen molar-refractivity contribution in [2.45, 2.75) is 11.8 Å². The maximum atomic E-state index is 12.2. The molecule has 9 heteroatoms. The molecule has 1 atom stereocenters. The van der Waals surface area contributed by atoms with Gasteiger partial charge < -0.3 is 14.6 Å². The number of aryl methyl sites for hydroxylation is 1. The molecule has 0 aliphatic carbocycles. The first-order valence-electron chi connectivity index (χ1n) is 6.32. The van der Waals surface area contributed by atoms with Crippen LogP contribution in [-0.4, -0.2) is 48.0 Å². The molecule has 0 saturated carbocycles. The molecule has 2 rings (SSSR count). The van der Waals surface area contributed by atoms with E-state index < -0.39 is 21.9 Å². The minimum atomic E-state index is -3.86. The Bertz CT molecular complexity index is 688. The number of carbonyl (C=O) groups excluding carboxylic acids is 1. The van der Waals surface area contributed by atoms with Gasteiger partial charge in [0.25, 0.3) is 5.91 Å². The Kier molecular flexibility index (Phi) is 3.81. The fourth-order valence-electron chi connectivity index (χ4n) is 2.26. The van der Waals surface area contributed by atoms with E-state index in [4.69, 9.17) is 10.2 Å². The highest BCUT2D eigenvalue weighted by Gasteiger charge is 2.38. The summed E-state index contributed by atoms with van der Waals surface area (Å²) in [5.74, 6) is -1.81. The molecule has 3 N–H and O–H groups in total. The van der Waals surface area contributed by atoms with Gasteiger partial charge in [0.15, 0.2) is 0 Å². The standard InChI is InChI=1S/C12H17N3O5S/c1-7(12(17)18)8-4-15(5-8)11(16)10-3-9(6-14(10)2)21(13,19)20/h3,6-8H,4-5H2,1-2H3,(H,17,18)(H2,13,19,20). The fourth-order valence-corrected chi connectivity index (χ4v) is 2.84. The minimum absolute atomic E-state index is 0.0792. The molecule has 0 radical (unpaired) electrons. The topological polar surface area (TPSA) is 123 Å². The van der Waals surface area contributed by atoms with Crippen LogP contribution in [0, 0.1) is 11.8 Å². The number of carboxylic acid groups (broad SMARTS) is 1. The van der Waals surface area contributed by atoms with Gasteiger partial charge in [0, 0.05) is 32.3 Å².